The van der Waals surface area contributed by atoms with Gasteiger partial charge >= 0.3 is 0 Å². The molecule has 7 heteroatoms. The summed E-state index contributed by atoms with van der Waals surface area (Å²) in [6, 6.07) is 3.89. The van der Waals surface area contributed by atoms with Crippen LogP contribution in [-0.4, -0.2) is 58.7 Å². The van der Waals surface area contributed by atoms with Gasteiger partial charge in [-0.2, -0.15) is 0 Å². The molecule has 0 N–H and O–H groups in total. The smallest absolute Gasteiger partial charge is 0.274 e. The third kappa shape index (κ3) is 3.32. The van der Waals surface area contributed by atoms with Gasteiger partial charge in [0, 0.05) is 43.0 Å². The van der Waals surface area contributed by atoms with Gasteiger partial charge in [0.25, 0.3) is 5.91 Å². The average molecular weight is 354 g/mol. The molecule has 2 aromatic heterocycles. The molecule has 4 heterocycles. The van der Waals surface area contributed by atoms with Gasteiger partial charge in [-0.05, 0) is 18.6 Å². The van der Waals surface area contributed by atoms with Gasteiger partial charge in [0.1, 0.15) is 5.69 Å². The maximum atomic E-state index is 12.8. The molecule has 26 heavy (non-hydrogen) atoms. The Bertz CT molecular complexity index is 768. The maximum Gasteiger partial charge on any atom is 0.274 e. The standard InChI is InChI=1S/C19H22N4O3/c1-14-5-22-17(7-21-14)18(24)23-8-16-10-26-13-19(16,11-23)12-25-9-15-3-2-4-20-6-15/h2-7,16H,8-13H2,1H3/t16-,19-/m1/s1. The third-order valence-electron chi connectivity index (χ3n) is 5.19. The molecule has 0 aromatic carbocycles. The summed E-state index contributed by atoms with van der Waals surface area (Å²) in [5.41, 5.74) is 2.09. The molecule has 7 nitrogen and oxygen atoms in total. The first-order chi connectivity index (χ1) is 12.7. The second-order valence-electron chi connectivity index (χ2n) is 7.16. The number of aryl methyl sites for hydroxylation is 1. The highest BCUT2D eigenvalue weighted by Crippen LogP contribution is 2.42. The van der Waals surface area contributed by atoms with Gasteiger partial charge in [0.05, 0.1) is 38.3 Å². The van der Waals surface area contributed by atoms with E-state index in [0.29, 0.717) is 51.1 Å². The van der Waals surface area contributed by atoms with Crippen molar-refractivity contribution in [2.24, 2.45) is 11.3 Å². The number of carbonyl (C=O) groups excluding carboxylic acids is 1. The van der Waals surface area contributed by atoms with Crippen molar-refractivity contribution in [3.63, 3.8) is 0 Å². The van der Waals surface area contributed by atoms with Gasteiger partial charge in [-0.1, -0.05) is 6.07 Å². The van der Waals surface area contributed by atoms with Crippen molar-refractivity contribution in [2.45, 2.75) is 13.5 Å². The summed E-state index contributed by atoms with van der Waals surface area (Å²) in [6.07, 6.45) is 6.73. The second-order valence-corrected chi connectivity index (χ2v) is 7.16. The summed E-state index contributed by atoms with van der Waals surface area (Å²) >= 11 is 0. The molecule has 2 saturated heterocycles. The van der Waals surface area contributed by atoms with Crippen LogP contribution in [0.3, 0.4) is 0 Å². The Morgan fingerprint density at radius 2 is 2.31 bits per heavy atom. The number of rotatable bonds is 5. The van der Waals surface area contributed by atoms with Crippen LogP contribution in [-0.2, 0) is 16.1 Å². The highest BCUT2D eigenvalue weighted by atomic mass is 16.5. The number of pyridine rings is 1. The van der Waals surface area contributed by atoms with E-state index in [4.69, 9.17) is 9.47 Å². The van der Waals surface area contributed by atoms with E-state index in [2.05, 4.69) is 15.0 Å². The number of nitrogens with zero attached hydrogens (tertiary/aromatic N) is 4. The molecule has 0 unspecified atom stereocenters. The van der Waals surface area contributed by atoms with Gasteiger partial charge in [0.2, 0.25) is 0 Å². The van der Waals surface area contributed by atoms with E-state index in [9.17, 15) is 4.79 Å². The Labute approximate surface area is 152 Å². The lowest BCUT2D eigenvalue weighted by Gasteiger charge is -2.26. The minimum absolute atomic E-state index is 0.0708. The predicted octanol–water partition coefficient (Wildman–Crippen LogP) is 1.49. The molecule has 0 saturated carbocycles. The molecule has 2 fully saturated rings. The molecule has 0 spiro atoms. The number of fused-ring (bicyclic) bond motifs is 1. The zero-order valence-electron chi connectivity index (χ0n) is 14.8. The lowest BCUT2D eigenvalue weighted by atomic mass is 9.82. The molecule has 2 aliphatic heterocycles. The Morgan fingerprint density at radius 1 is 1.38 bits per heavy atom. The van der Waals surface area contributed by atoms with Crippen molar-refractivity contribution < 1.29 is 14.3 Å². The Kier molecular flexibility index (Phi) is 4.65. The SMILES string of the molecule is Cc1cnc(C(=O)N2C[C@@H]3COC[C@]3(COCc3cccnc3)C2)cn1. The van der Waals surface area contributed by atoms with Gasteiger partial charge in [-0.15, -0.1) is 0 Å². The van der Waals surface area contributed by atoms with Gasteiger partial charge < -0.3 is 14.4 Å². The molecule has 136 valence electrons. The van der Waals surface area contributed by atoms with Crippen LogP contribution in [0.25, 0.3) is 0 Å². The normalized spacial score (nSPS) is 24.7. The Morgan fingerprint density at radius 3 is 3.08 bits per heavy atom. The van der Waals surface area contributed by atoms with Gasteiger partial charge in [-0.3, -0.25) is 14.8 Å². The number of hydrogen-bond acceptors (Lipinski definition) is 6. The summed E-state index contributed by atoms with van der Waals surface area (Å²) in [7, 11) is 0. The predicted molar refractivity (Wildman–Crippen MR) is 93.3 cm³/mol. The van der Waals surface area contributed by atoms with Crippen molar-refractivity contribution in [3.05, 3.63) is 53.9 Å². The van der Waals surface area contributed by atoms with Crippen LogP contribution in [0.5, 0.6) is 0 Å². The molecule has 0 aliphatic carbocycles. The molecule has 1 amide bonds. The quantitative estimate of drug-likeness (QED) is 0.809. The lowest BCUT2D eigenvalue weighted by Crippen LogP contribution is -2.37. The number of aromatic nitrogens is 3. The number of carbonyl (C=O) groups is 1. The van der Waals surface area contributed by atoms with Crippen LogP contribution in [0.2, 0.25) is 0 Å². The molecule has 2 aromatic rings. The van der Waals surface area contributed by atoms with Crippen LogP contribution in [0.15, 0.2) is 36.9 Å². The van der Waals surface area contributed by atoms with Crippen molar-refractivity contribution in [2.75, 3.05) is 32.9 Å². The first kappa shape index (κ1) is 17.1. The Hall–Kier alpha value is -2.38. The van der Waals surface area contributed by atoms with Gasteiger partial charge in [0.15, 0.2) is 0 Å². The van der Waals surface area contributed by atoms with Gasteiger partial charge in [-0.25, -0.2) is 4.98 Å². The number of likely N-dealkylation sites (tertiary alicyclic amines) is 1. The van der Waals surface area contributed by atoms with E-state index in [1.54, 1.807) is 24.8 Å². The van der Waals surface area contributed by atoms with Crippen LogP contribution in [0.1, 0.15) is 21.7 Å². The van der Waals surface area contributed by atoms with E-state index in [1.165, 1.54) is 0 Å². The van der Waals surface area contributed by atoms with Crippen molar-refractivity contribution in [1.29, 1.82) is 0 Å². The van der Waals surface area contributed by atoms with E-state index in [1.807, 2.05) is 24.0 Å². The summed E-state index contributed by atoms with van der Waals surface area (Å²) in [6.45, 7) is 5.51. The van der Waals surface area contributed by atoms with Crippen LogP contribution in [0, 0.1) is 18.3 Å². The molecular weight excluding hydrogens is 332 g/mol. The molecular formula is C19H22N4O3. The first-order valence-electron chi connectivity index (χ1n) is 8.79. The van der Waals surface area contributed by atoms with Crippen LogP contribution >= 0.6 is 0 Å². The summed E-state index contributed by atoms with van der Waals surface area (Å²) in [5, 5.41) is 0. The molecule has 0 bridgehead atoms. The maximum absolute atomic E-state index is 12.8. The summed E-state index contributed by atoms with van der Waals surface area (Å²) in [5.74, 6) is 0.220. The largest absolute Gasteiger partial charge is 0.380 e. The summed E-state index contributed by atoms with van der Waals surface area (Å²) in [4.78, 5) is 27.1. The highest BCUT2D eigenvalue weighted by Gasteiger charge is 2.52. The first-order valence-corrected chi connectivity index (χ1v) is 8.79. The molecule has 2 aliphatic rings. The average Bonchev–Trinajstić information content (AvgIpc) is 3.20. The van der Waals surface area contributed by atoms with Crippen molar-refractivity contribution in [3.8, 4) is 0 Å². The minimum atomic E-state index is -0.143. The fourth-order valence-electron chi connectivity index (χ4n) is 3.71. The van der Waals surface area contributed by atoms with Crippen molar-refractivity contribution in [1.82, 2.24) is 19.9 Å². The van der Waals surface area contributed by atoms with Crippen LogP contribution < -0.4 is 0 Å². The van der Waals surface area contributed by atoms with E-state index >= 15 is 0 Å². The highest BCUT2D eigenvalue weighted by molar-refractivity contribution is 5.92. The van der Waals surface area contributed by atoms with Crippen LogP contribution in [0.4, 0.5) is 0 Å². The third-order valence-corrected chi connectivity index (χ3v) is 5.19. The molecule has 0 radical (unpaired) electrons. The number of ether oxygens (including phenoxy) is 2. The van der Waals surface area contributed by atoms with E-state index < -0.39 is 0 Å². The monoisotopic (exact) mass is 354 g/mol. The zero-order valence-corrected chi connectivity index (χ0v) is 14.8. The van der Waals surface area contributed by atoms with Crippen molar-refractivity contribution >= 4 is 5.91 Å². The lowest BCUT2D eigenvalue weighted by molar-refractivity contribution is 0.0185. The summed E-state index contributed by atoms with van der Waals surface area (Å²) < 4.78 is 11.7. The molecule has 2 atom stereocenters. The fraction of sp³-hybridized carbons (Fsp3) is 0.474. The topological polar surface area (TPSA) is 77.4 Å². The van der Waals surface area contributed by atoms with E-state index in [0.717, 1.165) is 11.3 Å². The number of hydrogen-bond donors (Lipinski definition) is 0. The minimum Gasteiger partial charge on any atom is -0.380 e. The second kappa shape index (κ2) is 7.09. The fourth-order valence-corrected chi connectivity index (χ4v) is 3.71. The molecule has 4 rings (SSSR count). The number of amides is 1. The Balaban J connectivity index is 1.41. The van der Waals surface area contributed by atoms with E-state index in [-0.39, 0.29) is 11.3 Å². The zero-order chi connectivity index (χ0) is 18.0.